The lowest BCUT2D eigenvalue weighted by Crippen LogP contribution is -2.54. The Kier molecular flexibility index (Phi) is 6.50. The maximum Gasteiger partial charge on any atom is 0.278 e. The molecule has 1 fully saturated rings. The number of benzene rings is 2. The highest BCUT2D eigenvalue weighted by Gasteiger charge is 2.28. The molecule has 33 heavy (non-hydrogen) atoms. The smallest absolute Gasteiger partial charge is 0.278 e. The van der Waals surface area contributed by atoms with Gasteiger partial charge in [0, 0.05) is 55.7 Å². The van der Waals surface area contributed by atoms with E-state index < -0.39 is 0 Å². The van der Waals surface area contributed by atoms with Crippen molar-refractivity contribution in [2.24, 2.45) is 0 Å². The Morgan fingerprint density at radius 1 is 1.06 bits per heavy atom. The molecular weight excluding hydrogens is 425 g/mol. The summed E-state index contributed by atoms with van der Waals surface area (Å²) in [6.45, 7) is 6.52. The van der Waals surface area contributed by atoms with Crippen molar-refractivity contribution in [3.63, 3.8) is 0 Å². The number of aromatic nitrogens is 1. The van der Waals surface area contributed by atoms with Crippen LogP contribution in [0.15, 0.2) is 54.9 Å². The molecule has 0 saturated carbocycles. The first-order chi connectivity index (χ1) is 15.8. The van der Waals surface area contributed by atoms with Crippen molar-refractivity contribution in [2.75, 3.05) is 31.1 Å². The van der Waals surface area contributed by atoms with Crippen LogP contribution >= 0.6 is 0 Å². The van der Waals surface area contributed by atoms with E-state index in [1.165, 1.54) is 24.4 Å². The summed E-state index contributed by atoms with van der Waals surface area (Å²) in [7, 11) is 0. The standard InChI is InChI=1S/C24H26FN5O3/c1-16(18-3-5-19(25)6-4-18)27-24(31)17(2)28-11-13-29(14-12-28)22-7-8-23(30(32)33)21-15-26-10-9-20(21)22/h3-10,15-17H,11-14H2,1-2H3,(H,27,31)/t16-,17+/m1/s1. The quantitative estimate of drug-likeness (QED) is 0.454. The number of hydrogen-bond acceptors (Lipinski definition) is 6. The first-order valence-electron chi connectivity index (χ1n) is 10.9. The topological polar surface area (TPSA) is 91.6 Å². The fourth-order valence-corrected chi connectivity index (χ4v) is 4.28. The lowest BCUT2D eigenvalue weighted by molar-refractivity contribution is -0.383. The summed E-state index contributed by atoms with van der Waals surface area (Å²) in [5, 5.41) is 15.7. The van der Waals surface area contributed by atoms with Crippen LogP contribution in [0, 0.1) is 15.9 Å². The van der Waals surface area contributed by atoms with Crippen molar-refractivity contribution >= 4 is 28.1 Å². The van der Waals surface area contributed by atoms with E-state index in [2.05, 4.69) is 20.1 Å². The first-order valence-corrected chi connectivity index (χ1v) is 10.9. The molecule has 9 heteroatoms. The van der Waals surface area contributed by atoms with Crippen LogP contribution in [-0.2, 0) is 4.79 Å². The van der Waals surface area contributed by atoms with Crippen molar-refractivity contribution in [3.8, 4) is 0 Å². The molecule has 2 aromatic carbocycles. The molecule has 2 heterocycles. The third kappa shape index (κ3) is 4.78. The summed E-state index contributed by atoms with van der Waals surface area (Å²) in [4.78, 5) is 32.2. The van der Waals surface area contributed by atoms with E-state index >= 15 is 0 Å². The number of carbonyl (C=O) groups excluding carboxylic acids is 1. The molecule has 1 aromatic heterocycles. The van der Waals surface area contributed by atoms with Crippen molar-refractivity contribution in [3.05, 3.63) is 76.4 Å². The van der Waals surface area contributed by atoms with E-state index in [-0.39, 0.29) is 34.4 Å². The van der Waals surface area contributed by atoms with Crippen LogP contribution in [-0.4, -0.2) is 52.9 Å². The van der Waals surface area contributed by atoms with Gasteiger partial charge in [0.25, 0.3) is 5.69 Å². The van der Waals surface area contributed by atoms with E-state index in [1.807, 2.05) is 13.8 Å². The van der Waals surface area contributed by atoms with Crippen LogP contribution < -0.4 is 10.2 Å². The van der Waals surface area contributed by atoms with Gasteiger partial charge in [0.15, 0.2) is 0 Å². The summed E-state index contributed by atoms with van der Waals surface area (Å²) in [6.07, 6.45) is 3.17. The van der Waals surface area contributed by atoms with Crippen molar-refractivity contribution < 1.29 is 14.1 Å². The maximum absolute atomic E-state index is 13.1. The van der Waals surface area contributed by atoms with Gasteiger partial charge in [-0.1, -0.05) is 12.1 Å². The number of anilines is 1. The van der Waals surface area contributed by atoms with Crippen LogP contribution in [0.5, 0.6) is 0 Å². The zero-order valence-corrected chi connectivity index (χ0v) is 18.6. The number of nitrogens with zero attached hydrogens (tertiary/aromatic N) is 4. The molecule has 4 rings (SSSR count). The average molecular weight is 452 g/mol. The Hall–Kier alpha value is -3.59. The zero-order valence-electron chi connectivity index (χ0n) is 18.6. The Labute approximate surface area is 191 Å². The van der Waals surface area contributed by atoms with Crippen molar-refractivity contribution in [1.29, 1.82) is 0 Å². The number of hydrogen-bond donors (Lipinski definition) is 1. The molecule has 0 bridgehead atoms. The molecule has 8 nitrogen and oxygen atoms in total. The van der Waals surface area contributed by atoms with Gasteiger partial charge in [-0.3, -0.25) is 24.8 Å². The van der Waals surface area contributed by atoms with E-state index in [0.29, 0.717) is 31.6 Å². The molecule has 1 N–H and O–H groups in total. The van der Waals surface area contributed by atoms with Crippen LogP contribution in [0.3, 0.4) is 0 Å². The largest absolute Gasteiger partial charge is 0.368 e. The molecule has 0 unspecified atom stereocenters. The van der Waals surface area contributed by atoms with Gasteiger partial charge in [-0.05, 0) is 43.7 Å². The molecule has 172 valence electrons. The number of fused-ring (bicyclic) bond motifs is 1. The number of nitro groups is 1. The highest BCUT2D eigenvalue weighted by molar-refractivity contribution is 5.99. The number of halogens is 1. The zero-order chi connectivity index (χ0) is 23.5. The van der Waals surface area contributed by atoms with Gasteiger partial charge in [0.05, 0.1) is 22.4 Å². The number of carbonyl (C=O) groups is 1. The fourth-order valence-electron chi connectivity index (χ4n) is 4.28. The van der Waals surface area contributed by atoms with E-state index in [1.54, 1.807) is 30.5 Å². The first kappa shape index (κ1) is 22.6. The predicted octanol–water partition coefficient (Wildman–Crippen LogP) is 3.67. The van der Waals surface area contributed by atoms with E-state index in [9.17, 15) is 19.3 Å². The number of pyridine rings is 1. The molecule has 1 saturated heterocycles. The molecule has 3 aromatic rings. The minimum atomic E-state index is -0.390. The number of rotatable bonds is 6. The highest BCUT2D eigenvalue weighted by atomic mass is 19.1. The summed E-state index contributed by atoms with van der Waals surface area (Å²) >= 11 is 0. The molecule has 1 amide bonds. The third-order valence-corrected chi connectivity index (χ3v) is 6.28. The van der Waals surface area contributed by atoms with E-state index in [4.69, 9.17) is 0 Å². The Morgan fingerprint density at radius 3 is 2.42 bits per heavy atom. The predicted molar refractivity (Wildman–Crippen MR) is 125 cm³/mol. The Balaban J connectivity index is 1.40. The summed E-state index contributed by atoms with van der Waals surface area (Å²) < 4.78 is 13.1. The minimum absolute atomic E-state index is 0.0426. The van der Waals surface area contributed by atoms with Crippen LogP contribution in [0.1, 0.15) is 25.5 Å². The van der Waals surface area contributed by atoms with Gasteiger partial charge in [0.1, 0.15) is 5.82 Å². The van der Waals surface area contributed by atoms with Gasteiger partial charge >= 0.3 is 0 Å². The number of non-ortho nitro benzene ring substituents is 1. The Bertz CT molecular complexity index is 1160. The summed E-state index contributed by atoms with van der Waals surface area (Å²) in [5.74, 6) is -0.382. The molecule has 2 atom stereocenters. The molecule has 0 aliphatic carbocycles. The van der Waals surface area contributed by atoms with Crippen LogP contribution in [0.2, 0.25) is 0 Å². The summed E-state index contributed by atoms with van der Waals surface area (Å²) in [6, 6.07) is 10.7. The van der Waals surface area contributed by atoms with Gasteiger partial charge in [0.2, 0.25) is 5.91 Å². The number of nitrogens with one attached hydrogen (secondary N) is 1. The normalized spacial score (nSPS) is 16.4. The highest BCUT2D eigenvalue weighted by Crippen LogP contribution is 2.33. The van der Waals surface area contributed by atoms with Gasteiger partial charge in [-0.15, -0.1) is 0 Å². The second kappa shape index (κ2) is 9.50. The van der Waals surface area contributed by atoms with Crippen molar-refractivity contribution in [1.82, 2.24) is 15.2 Å². The fraction of sp³-hybridized carbons (Fsp3) is 0.333. The maximum atomic E-state index is 13.1. The Morgan fingerprint density at radius 2 is 1.76 bits per heavy atom. The average Bonchev–Trinajstić information content (AvgIpc) is 2.83. The molecule has 0 spiro atoms. The van der Waals surface area contributed by atoms with Crippen LogP contribution in [0.4, 0.5) is 15.8 Å². The number of amides is 1. The molecule has 0 radical (unpaired) electrons. The monoisotopic (exact) mass is 451 g/mol. The van der Waals surface area contributed by atoms with Crippen molar-refractivity contribution in [2.45, 2.75) is 25.9 Å². The molecule has 1 aliphatic rings. The molecule has 1 aliphatic heterocycles. The minimum Gasteiger partial charge on any atom is -0.368 e. The second-order valence-electron chi connectivity index (χ2n) is 8.26. The third-order valence-electron chi connectivity index (χ3n) is 6.28. The van der Waals surface area contributed by atoms with Gasteiger partial charge < -0.3 is 10.2 Å². The lowest BCUT2D eigenvalue weighted by Gasteiger charge is -2.39. The van der Waals surface area contributed by atoms with Gasteiger partial charge in [-0.2, -0.15) is 0 Å². The van der Waals surface area contributed by atoms with Gasteiger partial charge in [-0.25, -0.2) is 4.39 Å². The number of nitro benzene ring substituents is 1. The SMILES string of the molecule is C[C@@H](NC(=O)[C@H](C)N1CCN(c2ccc([N+](=O)[O-])c3cnccc23)CC1)c1ccc(F)cc1. The summed E-state index contributed by atoms with van der Waals surface area (Å²) in [5.41, 5.74) is 1.82. The van der Waals surface area contributed by atoms with Crippen LogP contribution in [0.25, 0.3) is 10.8 Å². The number of piperazine rings is 1. The molecular formula is C24H26FN5O3. The second-order valence-corrected chi connectivity index (χ2v) is 8.26. The lowest BCUT2D eigenvalue weighted by atomic mass is 10.1. The van der Waals surface area contributed by atoms with E-state index in [0.717, 1.165) is 16.6 Å².